The Balaban J connectivity index is 2.18. The number of halogens is 2. The molecule has 0 radical (unpaired) electrons. The van der Waals surface area contributed by atoms with Crippen LogP contribution in [0.3, 0.4) is 0 Å². The molecule has 0 amide bonds. The van der Waals surface area contributed by atoms with E-state index in [4.69, 9.17) is 5.73 Å². The lowest BCUT2D eigenvalue weighted by molar-refractivity contribution is 0.489. The molecule has 0 aliphatic carbocycles. The predicted octanol–water partition coefficient (Wildman–Crippen LogP) is 2.81. The molecule has 0 bridgehead atoms. The summed E-state index contributed by atoms with van der Waals surface area (Å²) in [5.41, 5.74) is 6.33. The van der Waals surface area contributed by atoms with Gasteiger partial charge in [-0.1, -0.05) is 19.1 Å². The molecule has 2 rings (SSSR count). The van der Waals surface area contributed by atoms with Crippen molar-refractivity contribution in [2.75, 3.05) is 0 Å². The smallest absolute Gasteiger partial charge is 0.162 e. The van der Waals surface area contributed by atoms with Crippen molar-refractivity contribution in [3.8, 4) is 0 Å². The average Bonchev–Trinajstić information content (AvgIpc) is 2.84. The second-order valence-corrected chi connectivity index (χ2v) is 4.50. The maximum Gasteiger partial charge on any atom is 0.162 e. The summed E-state index contributed by atoms with van der Waals surface area (Å²) in [7, 11) is 0. The first kappa shape index (κ1) is 13.7. The van der Waals surface area contributed by atoms with Crippen LogP contribution in [0.25, 0.3) is 0 Å². The van der Waals surface area contributed by atoms with Crippen molar-refractivity contribution in [1.29, 1.82) is 0 Å². The van der Waals surface area contributed by atoms with Gasteiger partial charge in [0.15, 0.2) is 11.6 Å². The normalized spacial score (nSPS) is 12.6. The number of nitrogens with two attached hydrogens (primary N) is 1. The van der Waals surface area contributed by atoms with Crippen LogP contribution in [0, 0.1) is 11.6 Å². The molecule has 19 heavy (non-hydrogen) atoms. The van der Waals surface area contributed by atoms with Gasteiger partial charge in [0.2, 0.25) is 0 Å². The minimum Gasteiger partial charge on any atom is -0.334 e. The van der Waals surface area contributed by atoms with Crippen molar-refractivity contribution >= 4 is 0 Å². The fourth-order valence-electron chi connectivity index (χ4n) is 2.11. The average molecular weight is 265 g/mol. The second kappa shape index (κ2) is 5.93. The van der Waals surface area contributed by atoms with E-state index < -0.39 is 17.7 Å². The van der Waals surface area contributed by atoms with Gasteiger partial charge in [0.25, 0.3) is 0 Å². The second-order valence-electron chi connectivity index (χ2n) is 4.50. The fraction of sp³-hybridized carbons (Fsp3) is 0.357. The lowest BCUT2D eigenvalue weighted by Crippen LogP contribution is -2.19. The molecule has 1 unspecified atom stereocenters. The molecule has 0 fully saturated rings. The summed E-state index contributed by atoms with van der Waals surface area (Å²) in [5.74, 6) is -0.973. The molecule has 0 aliphatic heterocycles. The van der Waals surface area contributed by atoms with Gasteiger partial charge in [-0.05, 0) is 24.5 Å². The van der Waals surface area contributed by atoms with E-state index in [1.165, 1.54) is 6.07 Å². The zero-order valence-electron chi connectivity index (χ0n) is 10.8. The largest absolute Gasteiger partial charge is 0.334 e. The van der Waals surface area contributed by atoms with Crippen molar-refractivity contribution in [2.24, 2.45) is 5.73 Å². The Morgan fingerprint density at radius 3 is 2.89 bits per heavy atom. The van der Waals surface area contributed by atoms with Crippen molar-refractivity contribution in [3.63, 3.8) is 0 Å². The van der Waals surface area contributed by atoms with Crippen molar-refractivity contribution in [3.05, 3.63) is 53.6 Å². The maximum absolute atomic E-state index is 13.6. The SMILES string of the molecule is CCCn1ccnc1C(N)Cc1cccc(F)c1F. The summed E-state index contributed by atoms with van der Waals surface area (Å²) >= 11 is 0. The first-order chi connectivity index (χ1) is 9.13. The summed E-state index contributed by atoms with van der Waals surface area (Å²) < 4.78 is 28.7. The minimum absolute atomic E-state index is 0.227. The molecule has 0 saturated heterocycles. The molecule has 1 aromatic heterocycles. The van der Waals surface area contributed by atoms with Crippen molar-refractivity contribution < 1.29 is 8.78 Å². The predicted molar refractivity (Wildman–Crippen MR) is 69.5 cm³/mol. The van der Waals surface area contributed by atoms with Crippen LogP contribution in [-0.2, 0) is 13.0 Å². The zero-order chi connectivity index (χ0) is 13.8. The Hall–Kier alpha value is -1.75. The molecule has 0 aliphatic rings. The molecule has 1 atom stereocenters. The van der Waals surface area contributed by atoms with E-state index in [0.29, 0.717) is 5.82 Å². The first-order valence-corrected chi connectivity index (χ1v) is 6.33. The summed E-state index contributed by atoms with van der Waals surface area (Å²) in [4.78, 5) is 4.20. The highest BCUT2D eigenvalue weighted by Crippen LogP contribution is 2.19. The van der Waals surface area contributed by atoms with E-state index in [-0.39, 0.29) is 12.0 Å². The summed E-state index contributed by atoms with van der Waals surface area (Å²) in [6, 6.07) is 3.69. The van der Waals surface area contributed by atoms with Crippen LogP contribution in [0.1, 0.15) is 30.8 Å². The van der Waals surface area contributed by atoms with Crippen molar-refractivity contribution in [1.82, 2.24) is 9.55 Å². The number of aromatic nitrogens is 2. The molecule has 0 saturated carbocycles. The highest BCUT2D eigenvalue weighted by atomic mass is 19.2. The first-order valence-electron chi connectivity index (χ1n) is 6.33. The number of nitrogens with zero attached hydrogens (tertiary/aromatic N) is 2. The molecule has 1 aromatic carbocycles. The Kier molecular flexibility index (Phi) is 4.27. The highest BCUT2D eigenvalue weighted by molar-refractivity contribution is 5.21. The minimum atomic E-state index is -0.846. The maximum atomic E-state index is 13.6. The molecular formula is C14H17F2N3. The van der Waals surface area contributed by atoms with Gasteiger partial charge in [-0.15, -0.1) is 0 Å². The molecular weight excluding hydrogens is 248 g/mol. The lowest BCUT2D eigenvalue weighted by atomic mass is 10.1. The standard InChI is InChI=1S/C14H17F2N3/c1-2-7-19-8-6-18-14(19)12(17)9-10-4-3-5-11(15)13(10)16/h3-6,8,12H,2,7,9,17H2,1H3. The molecule has 3 nitrogen and oxygen atoms in total. The van der Waals surface area contributed by atoms with Gasteiger partial charge in [0.1, 0.15) is 5.82 Å². The third-order valence-corrected chi connectivity index (χ3v) is 3.02. The number of aryl methyl sites for hydroxylation is 1. The zero-order valence-corrected chi connectivity index (χ0v) is 10.8. The van der Waals surface area contributed by atoms with Crippen molar-refractivity contribution in [2.45, 2.75) is 32.4 Å². The third-order valence-electron chi connectivity index (χ3n) is 3.02. The third kappa shape index (κ3) is 2.98. The van der Waals surface area contributed by atoms with Crippen LogP contribution in [-0.4, -0.2) is 9.55 Å². The molecule has 2 N–H and O–H groups in total. The Bertz CT molecular complexity index is 551. The number of benzene rings is 1. The summed E-state index contributed by atoms with van der Waals surface area (Å²) in [5, 5.41) is 0. The Morgan fingerprint density at radius 1 is 1.37 bits per heavy atom. The van der Waals surface area contributed by atoms with E-state index in [2.05, 4.69) is 11.9 Å². The van der Waals surface area contributed by atoms with Gasteiger partial charge in [0.05, 0.1) is 6.04 Å². The van der Waals surface area contributed by atoms with Gasteiger partial charge in [-0.25, -0.2) is 13.8 Å². The van der Waals surface area contributed by atoms with Gasteiger partial charge >= 0.3 is 0 Å². The van der Waals surface area contributed by atoms with Gasteiger partial charge in [-0.2, -0.15) is 0 Å². The number of rotatable bonds is 5. The monoisotopic (exact) mass is 265 g/mol. The van der Waals surface area contributed by atoms with Gasteiger partial charge in [-0.3, -0.25) is 0 Å². The van der Waals surface area contributed by atoms with Crippen LogP contribution in [0.15, 0.2) is 30.6 Å². The van der Waals surface area contributed by atoms with E-state index >= 15 is 0 Å². The van der Waals surface area contributed by atoms with Crippen LogP contribution in [0.2, 0.25) is 0 Å². The van der Waals surface area contributed by atoms with Gasteiger partial charge < -0.3 is 10.3 Å². The molecule has 5 heteroatoms. The van der Waals surface area contributed by atoms with Gasteiger partial charge in [0, 0.05) is 18.9 Å². The van der Waals surface area contributed by atoms with Crippen LogP contribution in [0.4, 0.5) is 8.78 Å². The molecule has 1 heterocycles. The van der Waals surface area contributed by atoms with Crippen LogP contribution in [0.5, 0.6) is 0 Å². The number of hydrogen-bond acceptors (Lipinski definition) is 2. The number of hydrogen-bond donors (Lipinski definition) is 1. The molecule has 2 aromatic rings. The van der Waals surface area contributed by atoms with E-state index in [1.54, 1.807) is 12.3 Å². The number of imidazole rings is 1. The molecule has 0 spiro atoms. The quantitative estimate of drug-likeness (QED) is 0.903. The van der Waals surface area contributed by atoms with Crippen LogP contribution < -0.4 is 5.73 Å². The molecule has 102 valence electrons. The fourth-order valence-corrected chi connectivity index (χ4v) is 2.11. The topological polar surface area (TPSA) is 43.8 Å². The highest BCUT2D eigenvalue weighted by Gasteiger charge is 2.16. The van der Waals surface area contributed by atoms with E-state index in [1.807, 2.05) is 10.8 Å². The van der Waals surface area contributed by atoms with E-state index in [9.17, 15) is 8.78 Å². The summed E-state index contributed by atoms with van der Waals surface area (Å²) in [6.45, 7) is 2.87. The van der Waals surface area contributed by atoms with E-state index in [0.717, 1.165) is 19.0 Å². The lowest BCUT2D eigenvalue weighted by Gasteiger charge is -2.14. The Morgan fingerprint density at radius 2 is 2.16 bits per heavy atom. The Labute approximate surface area is 111 Å². The van der Waals surface area contributed by atoms with Crippen LogP contribution >= 0.6 is 0 Å². The summed E-state index contributed by atoms with van der Waals surface area (Å²) in [6.07, 6.45) is 4.71.